The zero-order valence-electron chi connectivity index (χ0n) is 15.4. The van der Waals surface area contributed by atoms with Crippen LogP contribution < -0.4 is 5.32 Å². The van der Waals surface area contributed by atoms with E-state index in [0.29, 0.717) is 21.3 Å². The predicted molar refractivity (Wildman–Crippen MR) is 114 cm³/mol. The SMILES string of the molecule is CCOC(=O)c1cnn(-c2ccccc2)c1NC(=O)/C=C/c1ccc(Cl)cc1Cl. The second-order valence-corrected chi connectivity index (χ2v) is 6.71. The van der Waals surface area contributed by atoms with Crippen LogP contribution in [0.2, 0.25) is 10.0 Å². The maximum absolute atomic E-state index is 12.5. The standard InChI is InChI=1S/C21H17Cl2N3O3/c1-2-29-21(28)17-13-24-26(16-6-4-3-5-7-16)20(17)25-19(27)11-9-14-8-10-15(22)12-18(14)23/h3-13H,2H2,1H3,(H,25,27)/b11-9+. The molecule has 3 aromatic rings. The van der Waals surface area contributed by atoms with E-state index in [0.717, 1.165) is 0 Å². The van der Waals surface area contributed by atoms with E-state index in [4.69, 9.17) is 27.9 Å². The molecule has 0 fully saturated rings. The van der Waals surface area contributed by atoms with Gasteiger partial charge in [-0.25, -0.2) is 9.48 Å². The lowest BCUT2D eigenvalue weighted by atomic mass is 10.2. The predicted octanol–water partition coefficient (Wildman–Crippen LogP) is 5.01. The summed E-state index contributed by atoms with van der Waals surface area (Å²) in [7, 11) is 0. The van der Waals surface area contributed by atoms with Gasteiger partial charge in [-0.05, 0) is 42.8 Å². The van der Waals surface area contributed by atoms with Gasteiger partial charge in [-0.1, -0.05) is 47.5 Å². The van der Waals surface area contributed by atoms with Gasteiger partial charge in [-0.3, -0.25) is 4.79 Å². The Hall–Kier alpha value is -3.09. The Balaban J connectivity index is 1.89. The van der Waals surface area contributed by atoms with Gasteiger partial charge in [0, 0.05) is 16.1 Å². The van der Waals surface area contributed by atoms with Crippen molar-refractivity contribution in [2.75, 3.05) is 11.9 Å². The number of hydrogen-bond donors (Lipinski definition) is 1. The summed E-state index contributed by atoms with van der Waals surface area (Å²) in [4.78, 5) is 24.8. The Kier molecular flexibility index (Phi) is 6.69. The molecule has 0 bridgehead atoms. The van der Waals surface area contributed by atoms with Gasteiger partial charge in [0.25, 0.3) is 0 Å². The fraction of sp³-hybridized carbons (Fsp3) is 0.0952. The molecule has 0 radical (unpaired) electrons. The van der Waals surface area contributed by atoms with Crippen molar-refractivity contribution in [1.29, 1.82) is 0 Å². The van der Waals surface area contributed by atoms with Crippen LogP contribution in [0.15, 0.2) is 60.8 Å². The average molecular weight is 430 g/mol. The molecular formula is C21H17Cl2N3O3. The highest BCUT2D eigenvalue weighted by atomic mass is 35.5. The number of para-hydroxylation sites is 1. The molecule has 6 nitrogen and oxygen atoms in total. The van der Waals surface area contributed by atoms with Crippen LogP contribution in [0.1, 0.15) is 22.8 Å². The Morgan fingerprint density at radius 3 is 2.62 bits per heavy atom. The van der Waals surface area contributed by atoms with Crippen LogP contribution >= 0.6 is 23.2 Å². The summed E-state index contributed by atoms with van der Waals surface area (Å²) < 4.78 is 6.53. The second kappa shape index (κ2) is 9.41. The first-order valence-corrected chi connectivity index (χ1v) is 9.50. The molecule has 0 aliphatic heterocycles. The number of nitrogens with one attached hydrogen (secondary N) is 1. The summed E-state index contributed by atoms with van der Waals surface area (Å²) in [6.07, 6.45) is 4.23. The molecule has 0 aliphatic rings. The molecule has 0 atom stereocenters. The van der Waals surface area contributed by atoms with Crippen LogP contribution in [0.3, 0.4) is 0 Å². The van der Waals surface area contributed by atoms with Crippen molar-refractivity contribution in [3.8, 4) is 5.69 Å². The number of halogens is 2. The number of carbonyl (C=O) groups excluding carboxylic acids is 2. The van der Waals surface area contributed by atoms with Crippen LogP contribution in [-0.4, -0.2) is 28.3 Å². The van der Waals surface area contributed by atoms with Gasteiger partial charge in [0.1, 0.15) is 5.56 Å². The third-order valence-corrected chi connectivity index (χ3v) is 4.45. The Morgan fingerprint density at radius 1 is 1.17 bits per heavy atom. The Morgan fingerprint density at radius 2 is 1.93 bits per heavy atom. The number of benzene rings is 2. The van der Waals surface area contributed by atoms with Crippen molar-refractivity contribution in [3.63, 3.8) is 0 Å². The number of amides is 1. The highest BCUT2D eigenvalue weighted by Crippen LogP contribution is 2.23. The smallest absolute Gasteiger partial charge is 0.343 e. The fourth-order valence-electron chi connectivity index (χ4n) is 2.55. The van der Waals surface area contributed by atoms with Crippen LogP contribution in [0.5, 0.6) is 0 Å². The monoisotopic (exact) mass is 429 g/mol. The highest BCUT2D eigenvalue weighted by molar-refractivity contribution is 6.35. The van der Waals surface area contributed by atoms with Crippen molar-refractivity contribution in [1.82, 2.24) is 9.78 Å². The number of hydrogen-bond acceptors (Lipinski definition) is 4. The van der Waals surface area contributed by atoms with E-state index < -0.39 is 11.9 Å². The quantitative estimate of drug-likeness (QED) is 0.441. The van der Waals surface area contributed by atoms with Crippen LogP contribution in [-0.2, 0) is 9.53 Å². The first-order valence-electron chi connectivity index (χ1n) is 8.74. The van der Waals surface area contributed by atoms with E-state index in [2.05, 4.69) is 10.4 Å². The van der Waals surface area contributed by atoms with Crippen molar-refractivity contribution in [3.05, 3.63) is 82.0 Å². The third kappa shape index (κ3) is 5.04. The Bertz CT molecular complexity index is 1060. The molecule has 0 spiro atoms. The van der Waals surface area contributed by atoms with Gasteiger partial charge in [0.05, 0.1) is 18.5 Å². The van der Waals surface area contributed by atoms with Crippen LogP contribution in [0.25, 0.3) is 11.8 Å². The van der Waals surface area contributed by atoms with E-state index >= 15 is 0 Å². The number of esters is 1. The topological polar surface area (TPSA) is 73.2 Å². The number of rotatable bonds is 6. The average Bonchev–Trinajstić information content (AvgIpc) is 3.11. The maximum atomic E-state index is 12.5. The van der Waals surface area contributed by atoms with E-state index in [9.17, 15) is 9.59 Å². The molecule has 1 N–H and O–H groups in total. The molecule has 3 rings (SSSR count). The summed E-state index contributed by atoms with van der Waals surface area (Å²) >= 11 is 12.0. The summed E-state index contributed by atoms with van der Waals surface area (Å²) in [5.74, 6) is -0.819. The van der Waals surface area contributed by atoms with Gasteiger partial charge >= 0.3 is 5.97 Å². The van der Waals surface area contributed by atoms with Gasteiger partial charge in [0.15, 0.2) is 5.82 Å². The van der Waals surface area contributed by atoms with Gasteiger partial charge in [-0.2, -0.15) is 5.10 Å². The largest absolute Gasteiger partial charge is 0.462 e. The molecule has 0 saturated carbocycles. The van der Waals surface area contributed by atoms with Gasteiger partial charge < -0.3 is 10.1 Å². The molecule has 0 aliphatic carbocycles. The molecule has 1 amide bonds. The molecule has 8 heteroatoms. The number of ether oxygens (including phenoxy) is 1. The number of nitrogens with zero attached hydrogens (tertiary/aromatic N) is 2. The molecule has 0 unspecified atom stereocenters. The minimum absolute atomic E-state index is 0.155. The first-order chi connectivity index (χ1) is 14.0. The zero-order chi connectivity index (χ0) is 20.8. The highest BCUT2D eigenvalue weighted by Gasteiger charge is 2.20. The van der Waals surface area contributed by atoms with Crippen molar-refractivity contribution in [2.45, 2.75) is 6.92 Å². The normalized spacial score (nSPS) is 10.9. The molecule has 1 heterocycles. The van der Waals surface area contributed by atoms with Gasteiger partial charge in [-0.15, -0.1) is 0 Å². The minimum Gasteiger partial charge on any atom is -0.462 e. The summed E-state index contributed by atoms with van der Waals surface area (Å²) in [6, 6.07) is 14.1. The maximum Gasteiger partial charge on any atom is 0.343 e. The molecule has 148 valence electrons. The Labute approximate surface area is 177 Å². The minimum atomic E-state index is -0.574. The van der Waals surface area contributed by atoms with Gasteiger partial charge in [0.2, 0.25) is 5.91 Å². The lowest BCUT2D eigenvalue weighted by Crippen LogP contribution is -2.16. The summed E-state index contributed by atoms with van der Waals surface area (Å²) in [5, 5.41) is 7.85. The lowest BCUT2D eigenvalue weighted by molar-refractivity contribution is -0.111. The molecule has 29 heavy (non-hydrogen) atoms. The third-order valence-electron chi connectivity index (χ3n) is 3.88. The molecule has 2 aromatic carbocycles. The lowest BCUT2D eigenvalue weighted by Gasteiger charge is -2.10. The molecule has 0 saturated heterocycles. The van der Waals surface area contributed by atoms with E-state index in [-0.39, 0.29) is 18.0 Å². The fourth-order valence-corrected chi connectivity index (χ4v) is 3.02. The zero-order valence-corrected chi connectivity index (χ0v) is 16.9. The van der Waals surface area contributed by atoms with Crippen molar-refractivity contribution < 1.29 is 14.3 Å². The number of carbonyl (C=O) groups is 2. The van der Waals surface area contributed by atoms with E-state index in [1.54, 1.807) is 43.3 Å². The van der Waals surface area contributed by atoms with Crippen LogP contribution in [0, 0.1) is 0 Å². The van der Waals surface area contributed by atoms with E-state index in [1.165, 1.54) is 17.0 Å². The van der Waals surface area contributed by atoms with E-state index in [1.807, 2.05) is 18.2 Å². The van der Waals surface area contributed by atoms with Crippen molar-refractivity contribution >= 4 is 47.0 Å². The molecule has 1 aromatic heterocycles. The summed E-state index contributed by atoms with van der Waals surface area (Å²) in [6.45, 7) is 1.91. The first kappa shape index (κ1) is 20.6. The second-order valence-electron chi connectivity index (χ2n) is 5.86. The van der Waals surface area contributed by atoms with Crippen molar-refractivity contribution in [2.24, 2.45) is 0 Å². The molecular weight excluding hydrogens is 413 g/mol. The number of aromatic nitrogens is 2. The summed E-state index contributed by atoms with van der Waals surface area (Å²) in [5.41, 5.74) is 1.47. The van der Waals surface area contributed by atoms with Crippen LogP contribution in [0.4, 0.5) is 5.82 Å². The number of anilines is 1.